The molecule has 1 heteroatoms. The number of hydrogen-bond acceptors (Lipinski definition) is 1. The zero-order chi connectivity index (χ0) is 16.6. The number of anilines is 2. The van der Waals surface area contributed by atoms with E-state index in [0.717, 1.165) is 11.4 Å². The van der Waals surface area contributed by atoms with Crippen LogP contribution in [0, 0.1) is 0 Å². The molecule has 0 radical (unpaired) electrons. The third-order valence-corrected chi connectivity index (χ3v) is 4.83. The molecule has 0 saturated carbocycles. The van der Waals surface area contributed by atoms with Crippen molar-refractivity contribution >= 4 is 43.7 Å². The van der Waals surface area contributed by atoms with Gasteiger partial charge in [0.25, 0.3) is 0 Å². The number of nitrogens with one attached hydrogen (secondary N) is 1. The molecule has 25 heavy (non-hydrogen) atoms. The minimum atomic E-state index is 1.14. The molecule has 0 spiro atoms. The fourth-order valence-corrected chi connectivity index (χ4v) is 3.64. The molecular weight excluding hydrogens is 302 g/mol. The van der Waals surface area contributed by atoms with Crippen LogP contribution in [-0.4, -0.2) is 0 Å². The highest BCUT2D eigenvalue weighted by atomic mass is 14.9. The van der Waals surface area contributed by atoms with Gasteiger partial charge < -0.3 is 5.32 Å². The lowest BCUT2D eigenvalue weighted by atomic mass is 10.00. The van der Waals surface area contributed by atoms with E-state index < -0.39 is 0 Å². The average Bonchev–Trinajstić information content (AvgIpc) is 2.68. The van der Waals surface area contributed by atoms with Crippen LogP contribution in [0.3, 0.4) is 0 Å². The fourth-order valence-electron chi connectivity index (χ4n) is 3.64. The Morgan fingerprint density at radius 1 is 0.400 bits per heavy atom. The highest BCUT2D eigenvalue weighted by molar-refractivity contribution is 6.14. The van der Waals surface area contributed by atoms with E-state index in [0.29, 0.717) is 0 Å². The molecule has 118 valence electrons. The van der Waals surface area contributed by atoms with Crippen molar-refractivity contribution in [3.05, 3.63) is 97.1 Å². The maximum absolute atomic E-state index is 3.68. The molecular formula is C24H17N. The van der Waals surface area contributed by atoms with Crippen LogP contribution < -0.4 is 5.32 Å². The summed E-state index contributed by atoms with van der Waals surface area (Å²) in [6.07, 6.45) is 0. The van der Waals surface area contributed by atoms with Crippen molar-refractivity contribution in [3.8, 4) is 0 Å². The zero-order valence-corrected chi connectivity index (χ0v) is 13.7. The number of benzene rings is 5. The molecule has 0 amide bonds. The van der Waals surface area contributed by atoms with Gasteiger partial charge in [0, 0.05) is 22.1 Å². The zero-order valence-electron chi connectivity index (χ0n) is 13.7. The van der Waals surface area contributed by atoms with E-state index in [1.165, 1.54) is 32.3 Å². The second-order valence-corrected chi connectivity index (χ2v) is 6.34. The summed E-state index contributed by atoms with van der Waals surface area (Å²) in [6.45, 7) is 0. The Kier molecular flexibility index (Phi) is 3.17. The van der Waals surface area contributed by atoms with Crippen molar-refractivity contribution in [2.24, 2.45) is 0 Å². The Morgan fingerprint density at radius 3 is 1.84 bits per heavy atom. The highest BCUT2D eigenvalue weighted by Crippen LogP contribution is 2.35. The first-order valence-corrected chi connectivity index (χ1v) is 8.55. The molecule has 0 unspecified atom stereocenters. The van der Waals surface area contributed by atoms with Gasteiger partial charge in [0.15, 0.2) is 0 Å². The number of rotatable bonds is 2. The Hall–Kier alpha value is -3.32. The van der Waals surface area contributed by atoms with E-state index in [9.17, 15) is 0 Å². The predicted molar refractivity (Wildman–Crippen MR) is 109 cm³/mol. The normalized spacial score (nSPS) is 11.2. The summed E-state index contributed by atoms with van der Waals surface area (Å²) in [6, 6.07) is 34.3. The lowest BCUT2D eigenvalue weighted by molar-refractivity contribution is 1.62. The molecule has 1 nitrogen and oxygen atoms in total. The van der Waals surface area contributed by atoms with Gasteiger partial charge in [-0.1, -0.05) is 84.9 Å². The first-order chi connectivity index (χ1) is 12.4. The first-order valence-electron chi connectivity index (χ1n) is 8.55. The van der Waals surface area contributed by atoms with Crippen molar-refractivity contribution in [1.29, 1.82) is 0 Å². The van der Waals surface area contributed by atoms with Crippen LogP contribution in [-0.2, 0) is 0 Å². The van der Waals surface area contributed by atoms with E-state index in [-0.39, 0.29) is 0 Å². The average molecular weight is 319 g/mol. The molecule has 0 aromatic heterocycles. The first kappa shape index (κ1) is 14.1. The van der Waals surface area contributed by atoms with Crippen LogP contribution in [0.5, 0.6) is 0 Å². The topological polar surface area (TPSA) is 12.0 Å². The summed E-state index contributed by atoms with van der Waals surface area (Å²) in [5.74, 6) is 0. The van der Waals surface area contributed by atoms with Crippen molar-refractivity contribution < 1.29 is 0 Å². The van der Waals surface area contributed by atoms with Crippen LogP contribution in [0.15, 0.2) is 97.1 Å². The summed E-state index contributed by atoms with van der Waals surface area (Å²) in [7, 11) is 0. The van der Waals surface area contributed by atoms with Crippen LogP contribution in [0.25, 0.3) is 32.3 Å². The van der Waals surface area contributed by atoms with E-state index in [2.05, 4.69) is 102 Å². The smallest absolute Gasteiger partial charge is 0.0470 e. The Morgan fingerprint density at radius 2 is 1.00 bits per heavy atom. The quantitative estimate of drug-likeness (QED) is 0.349. The summed E-state index contributed by atoms with van der Waals surface area (Å²) >= 11 is 0. The molecule has 5 aromatic rings. The van der Waals surface area contributed by atoms with E-state index in [4.69, 9.17) is 0 Å². The lowest BCUT2D eigenvalue weighted by Crippen LogP contribution is -1.93. The number of hydrogen-bond donors (Lipinski definition) is 1. The van der Waals surface area contributed by atoms with Gasteiger partial charge in [0.2, 0.25) is 0 Å². The van der Waals surface area contributed by atoms with Crippen molar-refractivity contribution in [2.75, 3.05) is 5.32 Å². The molecule has 0 aliphatic rings. The molecule has 0 aliphatic carbocycles. The monoisotopic (exact) mass is 319 g/mol. The minimum Gasteiger partial charge on any atom is -0.354 e. The number of fused-ring (bicyclic) bond motifs is 4. The third kappa shape index (κ3) is 2.33. The Balaban J connectivity index is 1.77. The van der Waals surface area contributed by atoms with Crippen molar-refractivity contribution in [2.45, 2.75) is 0 Å². The van der Waals surface area contributed by atoms with Crippen LogP contribution in [0.4, 0.5) is 11.4 Å². The van der Waals surface area contributed by atoms with Gasteiger partial charge in [-0.2, -0.15) is 0 Å². The molecule has 5 rings (SSSR count). The van der Waals surface area contributed by atoms with Gasteiger partial charge in [-0.25, -0.2) is 0 Å². The molecule has 0 saturated heterocycles. The van der Waals surface area contributed by atoms with Gasteiger partial charge in [-0.05, 0) is 33.7 Å². The van der Waals surface area contributed by atoms with Gasteiger partial charge in [-0.3, -0.25) is 0 Å². The lowest BCUT2D eigenvalue weighted by Gasteiger charge is -2.14. The van der Waals surface area contributed by atoms with Crippen LogP contribution >= 0.6 is 0 Å². The molecule has 0 aliphatic heterocycles. The molecule has 5 aromatic carbocycles. The van der Waals surface area contributed by atoms with Gasteiger partial charge in [0.05, 0.1) is 0 Å². The Bertz CT molecular complexity index is 1220. The summed E-state index contributed by atoms with van der Waals surface area (Å²) in [4.78, 5) is 0. The third-order valence-electron chi connectivity index (χ3n) is 4.83. The largest absolute Gasteiger partial charge is 0.354 e. The fraction of sp³-hybridized carbons (Fsp3) is 0. The molecule has 0 heterocycles. The minimum absolute atomic E-state index is 1.14. The summed E-state index contributed by atoms with van der Waals surface area (Å²) in [5, 5.41) is 11.2. The molecule has 0 bridgehead atoms. The van der Waals surface area contributed by atoms with Crippen LogP contribution in [0.2, 0.25) is 0 Å². The molecule has 0 fully saturated rings. The van der Waals surface area contributed by atoms with Gasteiger partial charge in [-0.15, -0.1) is 0 Å². The maximum Gasteiger partial charge on any atom is 0.0470 e. The molecule has 0 atom stereocenters. The second kappa shape index (κ2) is 5.64. The van der Waals surface area contributed by atoms with E-state index in [1.54, 1.807) is 0 Å². The molecule has 1 N–H and O–H groups in total. The van der Waals surface area contributed by atoms with Gasteiger partial charge in [0.1, 0.15) is 0 Å². The highest BCUT2D eigenvalue weighted by Gasteiger charge is 2.07. The van der Waals surface area contributed by atoms with E-state index in [1.807, 2.05) is 0 Å². The summed E-state index contributed by atoms with van der Waals surface area (Å²) in [5.41, 5.74) is 2.28. The van der Waals surface area contributed by atoms with Crippen molar-refractivity contribution in [1.82, 2.24) is 0 Å². The van der Waals surface area contributed by atoms with Crippen molar-refractivity contribution in [3.63, 3.8) is 0 Å². The van der Waals surface area contributed by atoms with Crippen LogP contribution in [0.1, 0.15) is 0 Å². The van der Waals surface area contributed by atoms with E-state index >= 15 is 0 Å². The SMILES string of the molecule is c1ccc2c(Nc3cc4ccccc4c4ccccc34)cccc2c1. The maximum atomic E-state index is 3.68. The standard InChI is InChI=1S/C24H17N/c1-4-12-20-17(8-1)10-7-15-23(20)25-24-16-18-9-2-3-11-19(18)21-13-5-6-14-22(21)24/h1-16,25H. The summed E-state index contributed by atoms with van der Waals surface area (Å²) < 4.78 is 0. The van der Waals surface area contributed by atoms with Gasteiger partial charge >= 0.3 is 0 Å². The Labute approximate surface area is 146 Å². The second-order valence-electron chi connectivity index (χ2n) is 6.34. The predicted octanol–water partition coefficient (Wildman–Crippen LogP) is 6.89.